The Morgan fingerprint density at radius 3 is 2.53 bits per heavy atom. The van der Waals surface area contributed by atoms with E-state index in [0.29, 0.717) is 5.56 Å². The summed E-state index contributed by atoms with van der Waals surface area (Å²) in [7, 11) is 1.63. The van der Waals surface area contributed by atoms with Crippen molar-refractivity contribution in [2.75, 3.05) is 13.4 Å². The molecular weight excluding hydrogens is 324 g/mol. The molecule has 19 heavy (non-hydrogen) atoms. The van der Waals surface area contributed by atoms with Crippen molar-refractivity contribution in [1.29, 1.82) is 5.26 Å². The molecule has 0 spiro atoms. The molecule has 1 heterocycles. The van der Waals surface area contributed by atoms with Gasteiger partial charge in [-0.3, -0.25) is 0 Å². The SMILES string of the molecule is COc1ccc(-c2cc(Br)nc(SC)c2C#N)cc1. The third-order valence-electron chi connectivity index (χ3n) is 2.66. The van der Waals surface area contributed by atoms with Crippen LogP contribution >= 0.6 is 27.7 Å². The van der Waals surface area contributed by atoms with E-state index >= 15 is 0 Å². The van der Waals surface area contributed by atoms with Crippen molar-refractivity contribution >= 4 is 27.7 Å². The minimum absolute atomic E-state index is 0.598. The van der Waals surface area contributed by atoms with E-state index in [4.69, 9.17) is 4.74 Å². The Bertz CT molecular complexity index is 635. The fraction of sp³-hybridized carbons (Fsp3) is 0.143. The maximum absolute atomic E-state index is 9.34. The Labute approximate surface area is 124 Å². The molecule has 0 bridgehead atoms. The molecule has 2 aromatic rings. The largest absolute Gasteiger partial charge is 0.497 e. The van der Waals surface area contributed by atoms with Crippen molar-refractivity contribution in [1.82, 2.24) is 4.98 Å². The van der Waals surface area contributed by atoms with E-state index in [1.165, 1.54) is 11.8 Å². The normalized spacial score (nSPS) is 10.0. The van der Waals surface area contributed by atoms with Crippen LogP contribution in [0, 0.1) is 11.3 Å². The number of nitrogens with zero attached hydrogens (tertiary/aromatic N) is 2. The van der Waals surface area contributed by atoms with Gasteiger partial charge in [-0.05, 0) is 45.9 Å². The average Bonchev–Trinajstić information content (AvgIpc) is 2.46. The molecule has 0 fully saturated rings. The van der Waals surface area contributed by atoms with Crippen molar-refractivity contribution in [3.05, 3.63) is 40.5 Å². The van der Waals surface area contributed by atoms with Gasteiger partial charge in [0, 0.05) is 5.56 Å². The highest BCUT2D eigenvalue weighted by Crippen LogP contribution is 2.32. The Morgan fingerprint density at radius 2 is 2.00 bits per heavy atom. The van der Waals surface area contributed by atoms with Gasteiger partial charge in [-0.1, -0.05) is 12.1 Å². The lowest BCUT2D eigenvalue weighted by Gasteiger charge is -2.09. The minimum atomic E-state index is 0.598. The standard InChI is InChI=1S/C14H11BrN2OS/c1-18-10-5-3-9(4-6-10)11-7-13(15)17-14(19-2)12(11)8-16/h3-7H,1-2H3. The molecule has 1 aromatic carbocycles. The van der Waals surface area contributed by atoms with Crippen LogP contribution in [0.1, 0.15) is 5.56 Å². The summed E-state index contributed by atoms with van der Waals surface area (Å²) in [6.07, 6.45) is 1.91. The number of rotatable bonds is 3. The summed E-state index contributed by atoms with van der Waals surface area (Å²) in [5, 5.41) is 10.1. The molecule has 2 rings (SSSR count). The van der Waals surface area contributed by atoms with Crippen LogP contribution in [0.15, 0.2) is 40.0 Å². The summed E-state index contributed by atoms with van der Waals surface area (Å²) in [6, 6.07) is 11.7. The second-order valence-electron chi connectivity index (χ2n) is 3.72. The lowest BCUT2D eigenvalue weighted by atomic mass is 10.0. The smallest absolute Gasteiger partial charge is 0.118 e. The first-order valence-electron chi connectivity index (χ1n) is 5.48. The maximum Gasteiger partial charge on any atom is 0.118 e. The highest BCUT2D eigenvalue weighted by molar-refractivity contribution is 9.10. The quantitative estimate of drug-likeness (QED) is 0.625. The van der Waals surface area contributed by atoms with E-state index in [9.17, 15) is 5.26 Å². The molecule has 0 amide bonds. The zero-order valence-electron chi connectivity index (χ0n) is 10.5. The van der Waals surface area contributed by atoms with Crippen LogP contribution in [0.5, 0.6) is 5.75 Å². The van der Waals surface area contributed by atoms with E-state index in [1.807, 2.05) is 36.6 Å². The van der Waals surface area contributed by atoms with E-state index < -0.39 is 0 Å². The van der Waals surface area contributed by atoms with Gasteiger partial charge in [0.2, 0.25) is 0 Å². The number of hydrogen-bond donors (Lipinski definition) is 0. The molecule has 96 valence electrons. The van der Waals surface area contributed by atoms with Gasteiger partial charge in [0.1, 0.15) is 21.4 Å². The first-order chi connectivity index (χ1) is 9.19. The van der Waals surface area contributed by atoms with E-state index in [1.54, 1.807) is 7.11 Å². The number of methoxy groups -OCH3 is 1. The monoisotopic (exact) mass is 334 g/mol. The third-order valence-corrected chi connectivity index (χ3v) is 3.75. The molecule has 0 radical (unpaired) electrons. The van der Waals surface area contributed by atoms with Gasteiger partial charge in [0.05, 0.1) is 12.7 Å². The molecule has 0 N–H and O–H groups in total. The lowest BCUT2D eigenvalue weighted by molar-refractivity contribution is 0.415. The second-order valence-corrected chi connectivity index (χ2v) is 5.32. The third kappa shape index (κ3) is 2.91. The lowest BCUT2D eigenvalue weighted by Crippen LogP contribution is -1.93. The van der Waals surface area contributed by atoms with Gasteiger partial charge in [-0.15, -0.1) is 11.8 Å². The fourth-order valence-corrected chi connectivity index (χ4v) is 2.82. The molecule has 3 nitrogen and oxygen atoms in total. The summed E-state index contributed by atoms with van der Waals surface area (Å²) >= 11 is 4.85. The molecule has 0 saturated carbocycles. The Morgan fingerprint density at radius 1 is 1.32 bits per heavy atom. The topological polar surface area (TPSA) is 45.9 Å². The second kappa shape index (κ2) is 6.09. The van der Waals surface area contributed by atoms with E-state index in [0.717, 1.165) is 26.5 Å². The predicted octanol–water partition coefficient (Wildman–Crippen LogP) is 4.11. The van der Waals surface area contributed by atoms with Crippen molar-refractivity contribution < 1.29 is 4.74 Å². The Kier molecular flexibility index (Phi) is 4.46. The number of aromatic nitrogens is 1. The molecule has 0 aliphatic rings. The predicted molar refractivity (Wildman–Crippen MR) is 80.4 cm³/mol. The van der Waals surface area contributed by atoms with E-state index in [2.05, 4.69) is 27.0 Å². The van der Waals surface area contributed by atoms with Gasteiger partial charge < -0.3 is 4.74 Å². The zero-order valence-corrected chi connectivity index (χ0v) is 12.9. The number of thioether (sulfide) groups is 1. The molecule has 1 aromatic heterocycles. The Balaban J connectivity index is 2.60. The number of benzene rings is 1. The highest BCUT2D eigenvalue weighted by atomic mass is 79.9. The summed E-state index contributed by atoms with van der Waals surface area (Å²) in [5.74, 6) is 0.792. The first kappa shape index (κ1) is 13.9. The van der Waals surface area contributed by atoms with Gasteiger partial charge in [-0.25, -0.2) is 4.98 Å². The van der Waals surface area contributed by atoms with Crippen LogP contribution < -0.4 is 4.74 Å². The van der Waals surface area contributed by atoms with Crippen LogP contribution in [0.4, 0.5) is 0 Å². The molecule has 0 atom stereocenters. The number of halogens is 1. The fourth-order valence-electron chi connectivity index (χ4n) is 1.75. The summed E-state index contributed by atoms with van der Waals surface area (Å²) < 4.78 is 5.86. The van der Waals surface area contributed by atoms with Crippen molar-refractivity contribution in [2.45, 2.75) is 5.03 Å². The van der Waals surface area contributed by atoms with E-state index in [-0.39, 0.29) is 0 Å². The van der Waals surface area contributed by atoms with Crippen molar-refractivity contribution in [3.8, 4) is 22.9 Å². The van der Waals surface area contributed by atoms with Crippen LogP contribution in [0.2, 0.25) is 0 Å². The first-order valence-corrected chi connectivity index (χ1v) is 7.50. The van der Waals surface area contributed by atoms with Crippen molar-refractivity contribution in [3.63, 3.8) is 0 Å². The number of hydrogen-bond acceptors (Lipinski definition) is 4. The van der Waals surface area contributed by atoms with Crippen LogP contribution in [0.25, 0.3) is 11.1 Å². The summed E-state index contributed by atoms with van der Waals surface area (Å²) in [4.78, 5) is 4.31. The van der Waals surface area contributed by atoms with Crippen molar-refractivity contribution in [2.24, 2.45) is 0 Å². The van der Waals surface area contributed by atoms with Gasteiger partial charge in [0.25, 0.3) is 0 Å². The van der Waals surface area contributed by atoms with Crippen LogP contribution in [0.3, 0.4) is 0 Å². The number of ether oxygens (including phenoxy) is 1. The zero-order chi connectivity index (χ0) is 13.8. The molecule has 0 unspecified atom stereocenters. The van der Waals surface area contributed by atoms with Crippen LogP contribution in [-0.2, 0) is 0 Å². The number of nitriles is 1. The Hall–Kier alpha value is -1.51. The molecule has 0 saturated heterocycles. The molecule has 5 heteroatoms. The molecule has 0 aliphatic carbocycles. The number of pyridine rings is 1. The highest BCUT2D eigenvalue weighted by Gasteiger charge is 2.12. The van der Waals surface area contributed by atoms with Gasteiger partial charge in [0.15, 0.2) is 0 Å². The van der Waals surface area contributed by atoms with Gasteiger partial charge in [-0.2, -0.15) is 5.26 Å². The molecule has 0 aliphatic heterocycles. The van der Waals surface area contributed by atoms with Crippen LogP contribution in [-0.4, -0.2) is 18.3 Å². The summed E-state index contributed by atoms with van der Waals surface area (Å²) in [6.45, 7) is 0. The van der Waals surface area contributed by atoms with Gasteiger partial charge >= 0.3 is 0 Å². The minimum Gasteiger partial charge on any atom is -0.497 e. The average molecular weight is 335 g/mol. The maximum atomic E-state index is 9.34. The molecular formula is C14H11BrN2OS. The summed E-state index contributed by atoms with van der Waals surface area (Å²) in [5.41, 5.74) is 2.44.